The van der Waals surface area contributed by atoms with E-state index in [1.54, 1.807) is 6.92 Å². The average Bonchev–Trinajstić information content (AvgIpc) is 3.26. The van der Waals surface area contributed by atoms with E-state index in [4.69, 9.17) is 21.7 Å². The second kappa shape index (κ2) is 12.9. The lowest BCUT2D eigenvalue weighted by atomic mass is 10.2. The molecular weight excluding hydrogens is 490 g/mol. The Kier molecular flexibility index (Phi) is 9.45. The number of fused-ring (bicyclic) bond motifs is 1. The number of rotatable bonds is 11. The van der Waals surface area contributed by atoms with Crippen LogP contribution in [0.4, 0.5) is 10.6 Å². The fourth-order valence-corrected chi connectivity index (χ4v) is 3.34. The van der Waals surface area contributed by atoms with E-state index in [0.717, 1.165) is 10.5 Å². The number of nitrogens with one attached hydrogen (secondary N) is 2. The van der Waals surface area contributed by atoms with Crippen molar-refractivity contribution in [3.63, 3.8) is 0 Å². The molecule has 13 nitrogen and oxygen atoms in total. The van der Waals surface area contributed by atoms with Crippen LogP contribution in [0.3, 0.4) is 0 Å². The van der Waals surface area contributed by atoms with Gasteiger partial charge in [-0.25, -0.2) is 19.7 Å². The Hall–Kier alpha value is -4.33. The summed E-state index contributed by atoms with van der Waals surface area (Å²) in [5, 5.41) is 14.7. The zero-order valence-electron chi connectivity index (χ0n) is 19.4. The van der Waals surface area contributed by atoms with Crippen molar-refractivity contribution >= 4 is 52.3 Å². The van der Waals surface area contributed by atoms with Gasteiger partial charge >= 0.3 is 12.1 Å². The summed E-state index contributed by atoms with van der Waals surface area (Å²) in [4.78, 5) is 49.9. The van der Waals surface area contributed by atoms with Gasteiger partial charge in [-0.1, -0.05) is 30.3 Å². The number of hydrogen-bond donors (Lipinski definition) is 3. The molecule has 0 aliphatic rings. The van der Waals surface area contributed by atoms with Gasteiger partial charge in [0.1, 0.15) is 26.0 Å². The molecule has 0 aliphatic carbocycles. The highest BCUT2D eigenvalue weighted by atomic mass is 32.1. The fourth-order valence-electron chi connectivity index (χ4n) is 3.12. The van der Waals surface area contributed by atoms with Crippen molar-refractivity contribution < 1.29 is 29.0 Å². The number of anilines is 1. The molecule has 0 atom stereocenters. The Bertz CT molecular complexity index is 1220. The second-order valence-corrected chi connectivity index (χ2v) is 7.68. The molecule has 0 fully saturated rings. The van der Waals surface area contributed by atoms with Gasteiger partial charge in [0.15, 0.2) is 17.0 Å². The third-order valence-electron chi connectivity index (χ3n) is 4.75. The minimum Gasteiger partial charge on any atom is -0.480 e. The third kappa shape index (κ3) is 7.59. The molecular formula is C22H25N7O6S. The molecule has 1 aromatic carbocycles. The van der Waals surface area contributed by atoms with Crippen molar-refractivity contribution in [1.82, 2.24) is 29.7 Å². The number of aromatic nitrogens is 4. The molecule has 3 aromatic rings. The van der Waals surface area contributed by atoms with E-state index in [9.17, 15) is 19.5 Å². The Morgan fingerprint density at radius 2 is 1.92 bits per heavy atom. The standard InChI is InChI=1S/C22H25N7O6S/c1-2-34-22(36)23-8-9-28(11-17(31)32)16(30)10-29-14-26-18-19(24-13-25-20(18)29)27-21(33)35-12-15-6-4-3-5-7-15/h3-7,13-14H,2,8-12H2,1H3,(H,23,36)(H,31,32)(H,24,25,27,33). The average molecular weight is 516 g/mol. The number of hydrogen-bond acceptors (Lipinski definition) is 9. The van der Waals surface area contributed by atoms with Gasteiger partial charge in [0.2, 0.25) is 5.91 Å². The van der Waals surface area contributed by atoms with Crippen molar-refractivity contribution in [2.45, 2.75) is 20.1 Å². The number of imidazole rings is 1. The fraction of sp³-hybridized carbons (Fsp3) is 0.318. The first-order chi connectivity index (χ1) is 17.4. The van der Waals surface area contributed by atoms with Crippen molar-refractivity contribution in [2.75, 3.05) is 31.6 Å². The molecule has 0 radical (unpaired) electrons. The monoisotopic (exact) mass is 515 g/mol. The van der Waals surface area contributed by atoms with Crippen LogP contribution in [-0.4, -0.2) is 78.9 Å². The van der Waals surface area contributed by atoms with Crippen molar-refractivity contribution in [1.29, 1.82) is 0 Å². The van der Waals surface area contributed by atoms with Gasteiger partial charge in [-0.15, -0.1) is 0 Å². The van der Waals surface area contributed by atoms with Crippen LogP contribution in [0.5, 0.6) is 0 Å². The number of ether oxygens (including phenoxy) is 2. The predicted molar refractivity (Wildman–Crippen MR) is 132 cm³/mol. The Balaban J connectivity index is 1.64. The lowest BCUT2D eigenvalue weighted by molar-refractivity contribution is -0.144. The number of nitrogens with zero attached hydrogens (tertiary/aromatic N) is 5. The first-order valence-corrected chi connectivity index (χ1v) is 11.3. The Morgan fingerprint density at radius 3 is 2.64 bits per heavy atom. The molecule has 0 unspecified atom stereocenters. The van der Waals surface area contributed by atoms with Crippen LogP contribution in [0, 0.1) is 0 Å². The largest absolute Gasteiger partial charge is 0.480 e. The third-order valence-corrected chi connectivity index (χ3v) is 5.01. The van der Waals surface area contributed by atoms with Crippen molar-refractivity contribution in [3.05, 3.63) is 48.5 Å². The molecule has 0 bridgehead atoms. The Morgan fingerprint density at radius 1 is 1.14 bits per heavy atom. The van der Waals surface area contributed by atoms with Crippen molar-refractivity contribution in [2.24, 2.45) is 0 Å². The van der Waals surface area contributed by atoms with E-state index in [2.05, 4.69) is 25.6 Å². The van der Waals surface area contributed by atoms with Crippen LogP contribution in [0.2, 0.25) is 0 Å². The van der Waals surface area contributed by atoms with Gasteiger partial charge in [-0.2, -0.15) is 0 Å². The van der Waals surface area contributed by atoms with Crippen LogP contribution >= 0.6 is 12.2 Å². The van der Waals surface area contributed by atoms with Crippen molar-refractivity contribution in [3.8, 4) is 0 Å². The number of amides is 2. The first-order valence-electron chi connectivity index (χ1n) is 10.9. The highest BCUT2D eigenvalue weighted by Gasteiger charge is 2.20. The summed E-state index contributed by atoms with van der Waals surface area (Å²) < 4.78 is 11.8. The summed E-state index contributed by atoms with van der Waals surface area (Å²) >= 11 is 4.97. The maximum atomic E-state index is 12.9. The summed E-state index contributed by atoms with van der Waals surface area (Å²) in [7, 11) is 0. The molecule has 14 heteroatoms. The minimum absolute atomic E-state index is 0.0768. The van der Waals surface area contributed by atoms with Crippen LogP contribution in [0.15, 0.2) is 43.0 Å². The quantitative estimate of drug-likeness (QED) is 0.317. The topological polar surface area (TPSA) is 161 Å². The number of carboxylic acids is 1. The molecule has 0 spiro atoms. The molecule has 190 valence electrons. The summed E-state index contributed by atoms with van der Waals surface area (Å²) in [5.74, 6) is -1.52. The van der Waals surface area contributed by atoms with E-state index in [1.807, 2.05) is 30.3 Å². The van der Waals surface area contributed by atoms with E-state index in [0.29, 0.717) is 6.61 Å². The maximum absolute atomic E-state index is 12.9. The van der Waals surface area contributed by atoms with Crippen LogP contribution in [-0.2, 0) is 32.2 Å². The van der Waals surface area contributed by atoms with Gasteiger partial charge in [0.25, 0.3) is 5.17 Å². The van der Waals surface area contributed by atoms with Crippen LogP contribution in [0.1, 0.15) is 12.5 Å². The summed E-state index contributed by atoms with van der Waals surface area (Å²) in [5.41, 5.74) is 1.35. The SMILES string of the molecule is CCOC(=S)NCCN(CC(=O)O)C(=O)Cn1cnc2c(NC(=O)OCc3ccccc3)ncnc21. The molecule has 0 aliphatic heterocycles. The zero-order valence-corrected chi connectivity index (χ0v) is 20.2. The van der Waals surface area contributed by atoms with E-state index >= 15 is 0 Å². The number of carboxylic acid groups (broad SMARTS) is 1. The normalized spacial score (nSPS) is 10.5. The number of aliphatic carboxylic acids is 1. The maximum Gasteiger partial charge on any atom is 0.413 e. The molecule has 2 aromatic heterocycles. The van der Waals surface area contributed by atoms with Gasteiger partial charge in [0.05, 0.1) is 12.9 Å². The number of carbonyl (C=O) groups excluding carboxylic acids is 2. The summed E-state index contributed by atoms with van der Waals surface area (Å²) in [6.07, 6.45) is 1.85. The summed E-state index contributed by atoms with van der Waals surface area (Å²) in [6, 6.07) is 9.18. The molecule has 2 amide bonds. The number of thiocarbonyl (C=S) groups is 1. The van der Waals surface area contributed by atoms with E-state index in [-0.39, 0.29) is 48.4 Å². The van der Waals surface area contributed by atoms with Gasteiger partial charge < -0.3 is 29.4 Å². The van der Waals surface area contributed by atoms with E-state index in [1.165, 1.54) is 17.2 Å². The highest BCUT2D eigenvalue weighted by Crippen LogP contribution is 2.18. The Labute approximate surface area is 211 Å². The minimum atomic E-state index is -1.16. The van der Waals surface area contributed by atoms with Crippen LogP contribution in [0.25, 0.3) is 11.2 Å². The zero-order chi connectivity index (χ0) is 25.9. The lowest BCUT2D eigenvalue weighted by Crippen LogP contribution is -2.42. The molecule has 3 rings (SSSR count). The number of carbonyl (C=O) groups is 3. The molecule has 0 saturated heterocycles. The van der Waals surface area contributed by atoms with Crippen LogP contribution < -0.4 is 10.6 Å². The van der Waals surface area contributed by atoms with Gasteiger partial charge in [0, 0.05) is 13.1 Å². The molecule has 36 heavy (non-hydrogen) atoms. The smallest absolute Gasteiger partial charge is 0.413 e. The summed E-state index contributed by atoms with van der Waals surface area (Å²) in [6.45, 7) is 1.82. The van der Waals surface area contributed by atoms with E-state index < -0.39 is 24.5 Å². The molecule has 0 saturated carbocycles. The molecule has 3 N–H and O–H groups in total. The predicted octanol–water partition coefficient (Wildman–Crippen LogP) is 1.40. The number of benzene rings is 1. The van der Waals surface area contributed by atoms with Gasteiger partial charge in [-0.3, -0.25) is 14.9 Å². The van der Waals surface area contributed by atoms with Gasteiger partial charge in [-0.05, 0) is 24.7 Å². The lowest BCUT2D eigenvalue weighted by Gasteiger charge is -2.21. The highest BCUT2D eigenvalue weighted by molar-refractivity contribution is 7.80. The molecule has 2 heterocycles. The second-order valence-electron chi connectivity index (χ2n) is 7.31. The first kappa shape index (κ1) is 26.3.